The van der Waals surface area contributed by atoms with Crippen LogP contribution in [0.3, 0.4) is 0 Å². The zero-order chi connectivity index (χ0) is 16.4. The molecule has 0 saturated heterocycles. The fourth-order valence-electron chi connectivity index (χ4n) is 2.27. The lowest BCUT2D eigenvalue weighted by atomic mass is 10.2. The van der Waals surface area contributed by atoms with Gasteiger partial charge in [0, 0.05) is 4.88 Å². The molecule has 0 saturated carbocycles. The van der Waals surface area contributed by atoms with Crippen molar-refractivity contribution in [2.75, 3.05) is 6.79 Å². The third-order valence-corrected chi connectivity index (χ3v) is 5.06. The first-order valence-corrected chi connectivity index (χ1v) is 8.29. The van der Waals surface area contributed by atoms with E-state index in [0.717, 1.165) is 17.5 Å². The van der Waals surface area contributed by atoms with Crippen LogP contribution in [0, 0.1) is 6.92 Å². The van der Waals surface area contributed by atoms with Crippen LogP contribution < -0.4 is 14.9 Å². The largest absolute Gasteiger partial charge is 0.454 e. The van der Waals surface area contributed by atoms with E-state index >= 15 is 0 Å². The van der Waals surface area contributed by atoms with Crippen molar-refractivity contribution in [1.82, 2.24) is 5.43 Å². The number of hydrogen-bond acceptors (Lipinski definition) is 5. The Morgan fingerprint density at radius 1 is 1.43 bits per heavy atom. The number of carbonyl (C=O) groups is 1. The van der Waals surface area contributed by atoms with E-state index in [2.05, 4.69) is 17.5 Å². The molecule has 0 radical (unpaired) electrons. The summed E-state index contributed by atoms with van der Waals surface area (Å²) in [6, 6.07) is 5.34. The summed E-state index contributed by atoms with van der Waals surface area (Å²) in [5.41, 5.74) is 4.38. The van der Waals surface area contributed by atoms with Crippen molar-refractivity contribution in [3.63, 3.8) is 0 Å². The number of hydrogen-bond donors (Lipinski definition) is 1. The molecule has 1 aromatic heterocycles. The minimum absolute atomic E-state index is 0.157. The first-order chi connectivity index (χ1) is 11.1. The molecule has 1 N–H and O–H groups in total. The molecule has 2 aromatic rings. The average molecular weight is 351 g/mol. The van der Waals surface area contributed by atoms with Gasteiger partial charge in [0.25, 0.3) is 5.91 Å². The van der Waals surface area contributed by atoms with Crippen molar-refractivity contribution in [2.24, 2.45) is 5.10 Å². The average Bonchev–Trinajstić information content (AvgIpc) is 3.13. The molecule has 0 bridgehead atoms. The number of aryl methyl sites for hydroxylation is 2. The molecule has 5 nitrogen and oxygen atoms in total. The highest BCUT2D eigenvalue weighted by Crippen LogP contribution is 2.39. The van der Waals surface area contributed by atoms with Gasteiger partial charge in [0.05, 0.1) is 16.1 Å². The lowest BCUT2D eigenvalue weighted by molar-refractivity contribution is 0.0959. The Balaban J connectivity index is 1.69. The number of hydrazone groups is 1. The van der Waals surface area contributed by atoms with Gasteiger partial charge in [-0.15, -0.1) is 11.3 Å². The number of carbonyl (C=O) groups excluding carboxylic acids is 1. The second-order valence-corrected chi connectivity index (χ2v) is 6.55. The third-order valence-electron chi connectivity index (χ3n) is 3.39. The fraction of sp³-hybridized carbons (Fsp3) is 0.250. The lowest BCUT2D eigenvalue weighted by Gasteiger charge is -2.01. The van der Waals surface area contributed by atoms with Crippen LogP contribution in [0.5, 0.6) is 11.5 Å². The van der Waals surface area contributed by atoms with E-state index in [9.17, 15) is 4.79 Å². The molecule has 2 heterocycles. The highest BCUT2D eigenvalue weighted by atomic mass is 35.5. The number of rotatable bonds is 4. The first kappa shape index (κ1) is 15.8. The monoisotopic (exact) mass is 350 g/mol. The number of fused-ring (bicyclic) bond motifs is 1. The van der Waals surface area contributed by atoms with Gasteiger partial charge >= 0.3 is 0 Å². The van der Waals surface area contributed by atoms with Gasteiger partial charge in [0.1, 0.15) is 0 Å². The van der Waals surface area contributed by atoms with Crippen molar-refractivity contribution in [1.29, 1.82) is 0 Å². The summed E-state index contributed by atoms with van der Waals surface area (Å²) in [4.78, 5) is 13.9. The van der Waals surface area contributed by atoms with Crippen molar-refractivity contribution >= 4 is 35.1 Å². The molecule has 120 valence electrons. The minimum atomic E-state index is -0.221. The first-order valence-electron chi connectivity index (χ1n) is 7.10. The lowest BCUT2D eigenvalue weighted by Crippen LogP contribution is -2.16. The van der Waals surface area contributed by atoms with Crippen molar-refractivity contribution in [2.45, 2.75) is 20.3 Å². The Kier molecular flexibility index (Phi) is 4.54. The predicted octanol–water partition coefficient (Wildman–Crippen LogP) is 3.76. The molecular weight excluding hydrogens is 336 g/mol. The zero-order valence-corrected chi connectivity index (χ0v) is 14.3. The maximum absolute atomic E-state index is 12.1. The Morgan fingerprint density at radius 3 is 3.00 bits per heavy atom. The zero-order valence-electron chi connectivity index (χ0n) is 12.7. The van der Waals surface area contributed by atoms with Gasteiger partial charge < -0.3 is 9.47 Å². The molecule has 0 atom stereocenters. The number of benzene rings is 1. The quantitative estimate of drug-likeness (QED) is 0.674. The highest BCUT2D eigenvalue weighted by molar-refractivity contribution is 7.14. The van der Waals surface area contributed by atoms with Crippen LogP contribution in [-0.2, 0) is 6.42 Å². The number of halogens is 1. The maximum Gasteiger partial charge on any atom is 0.281 e. The van der Waals surface area contributed by atoms with E-state index in [1.54, 1.807) is 12.1 Å². The Bertz CT molecular complexity index is 786. The SMILES string of the molecule is CCc1sc(C(=O)N/N=C\c2cc(Cl)c3c(c2)OCO3)cc1C. The summed E-state index contributed by atoms with van der Waals surface area (Å²) < 4.78 is 10.5. The molecule has 1 amide bonds. The van der Waals surface area contributed by atoms with Gasteiger partial charge in [-0.3, -0.25) is 4.79 Å². The van der Waals surface area contributed by atoms with Crippen molar-refractivity contribution < 1.29 is 14.3 Å². The maximum atomic E-state index is 12.1. The van der Waals surface area contributed by atoms with Gasteiger partial charge in [-0.25, -0.2) is 5.43 Å². The van der Waals surface area contributed by atoms with E-state index in [1.165, 1.54) is 22.4 Å². The van der Waals surface area contributed by atoms with Crippen LogP contribution in [-0.4, -0.2) is 18.9 Å². The molecule has 1 aliphatic heterocycles. The predicted molar refractivity (Wildman–Crippen MR) is 91.1 cm³/mol. The van der Waals surface area contributed by atoms with Gasteiger partial charge in [0.2, 0.25) is 6.79 Å². The third kappa shape index (κ3) is 3.33. The number of nitrogens with one attached hydrogen (secondary N) is 1. The summed E-state index contributed by atoms with van der Waals surface area (Å²) in [6.07, 6.45) is 2.44. The second-order valence-electron chi connectivity index (χ2n) is 5.01. The van der Waals surface area contributed by atoms with E-state index in [0.29, 0.717) is 21.4 Å². The summed E-state index contributed by atoms with van der Waals surface area (Å²) in [6.45, 7) is 4.23. The van der Waals surface area contributed by atoms with Crippen LogP contribution in [0.4, 0.5) is 0 Å². The van der Waals surface area contributed by atoms with E-state index in [-0.39, 0.29) is 12.7 Å². The highest BCUT2D eigenvalue weighted by Gasteiger charge is 2.17. The van der Waals surface area contributed by atoms with E-state index in [4.69, 9.17) is 21.1 Å². The smallest absolute Gasteiger partial charge is 0.281 e. The molecule has 23 heavy (non-hydrogen) atoms. The summed E-state index contributed by atoms with van der Waals surface area (Å²) in [5, 5.41) is 4.43. The van der Waals surface area contributed by atoms with Crippen LogP contribution in [0.1, 0.15) is 32.6 Å². The number of nitrogens with zero attached hydrogens (tertiary/aromatic N) is 1. The molecule has 0 spiro atoms. The van der Waals surface area contributed by atoms with E-state index in [1.807, 2.05) is 13.0 Å². The topological polar surface area (TPSA) is 59.9 Å². The van der Waals surface area contributed by atoms with Crippen LogP contribution in [0.2, 0.25) is 5.02 Å². The molecule has 7 heteroatoms. The van der Waals surface area contributed by atoms with E-state index < -0.39 is 0 Å². The van der Waals surface area contributed by atoms with Crippen LogP contribution >= 0.6 is 22.9 Å². The summed E-state index contributed by atoms with van der Waals surface area (Å²) >= 11 is 7.58. The molecule has 0 aliphatic carbocycles. The Morgan fingerprint density at radius 2 is 2.26 bits per heavy atom. The Hall–Kier alpha value is -2.05. The number of ether oxygens (including phenoxy) is 2. The molecule has 1 aliphatic rings. The minimum Gasteiger partial charge on any atom is -0.454 e. The molecule has 0 unspecified atom stereocenters. The molecule has 0 fully saturated rings. The van der Waals surface area contributed by atoms with Gasteiger partial charge in [-0.1, -0.05) is 18.5 Å². The van der Waals surface area contributed by atoms with Crippen molar-refractivity contribution in [3.05, 3.63) is 44.1 Å². The molecule has 3 rings (SSSR count). The van der Waals surface area contributed by atoms with Gasteiger partial charge in [0.15, 0.2) is 11.5 Å². The van der Waals surface area contributed by atoms with Gasteiger partial charge in [-0.2, -0.15) is 5.10 Å². The standard InChI is InChI=1S/C16H15ClN2O3S/c1-3-13-9(2)4-14(23-13)16(20)19-18-7-10-5-11(17)15-12(6-10)21-8-22-15/h4-7H,3,8H2,1-2H3,(H,19,20)/b18-7-. The normalized spacial score (nSPS) is 12.8. The van der Waals surface area contributed by atoms with Crippen LogP contribution in [0.15, 0.2) is 23.3 Å². The molecule has 1 aromatic carbocycles. The molecular formula is C16H15ClN2O3S. The summed E-state index contributed by atoms with van der Waals surface area (Å²) in [7, 11) is 0. The number of amides is 1. The second kappa shape index (κ2) is 6.60. The number of thiophene rings is 1. The fourth-order valence-corrected chi connectivity index (χ4v) is 3.54. The summed E-state index contributed by atoms with van der Waals surface area (Å²) in [5.74, 6) is 0.890. The van der Waals surface area contributed by atoms with Crippen molar-refractivity contribution in [3.8, 4) is 11.5 Å². The van der Waals surface area contributed by atoms with Gasteiger partial charge in [-0.05, 0) is 42.7 Å². The Labute approximate surface area is 142 Å². The van der Waals surface area contributed by atoms with Crippen LogP contribution in [0.25, 0.3) is 0 Å².